The average Bonchev–Trinajstić information content (AvgIpc) is 2.84. The summed E-state index contributed by atoms with van der Waals surface area (Å²) in [7, 11) is -9.60. The van der Waals surface area contributed by atoms with E-state index in [2.05, 4.69) is 13.8 Å². The van der Waals surface area contributed by atoms with Gasteiger partial charge in [0.25, 0.3) is 20.2 Å². The van der Waals surface area contributed by atoms with Crippen molar-refractivity contribution in [1.29, 1.82) is 0 Å². The Labute approximate surface area is 296 Å². The first-order chi connectivity index (χ1) is 18.4. The summed E-state index contributed by atoms with van der Waals surface area (Å²) >= 11 is 0. The van der Waals surface area contributed by atoms with E-state index in [-0.39, 0.29) is 87.0 Å². The van der Waals surface area contributed by atoms with Gasteiger partial charge < -0.3 is 22.5 Å². The largest absolute Gasteiger partial charge is 1.00 e. The molecule has 14 nitrogen and oxygen atoms in total. The van der Waals surface area contributed by atoms with Crippen LogP contribution in [0.3, 0.4) is 0 Å². The molecule has 0 heterocycles. The summed E-state index contributed by atoms with van der Waals surface area (Å²) in [5.41, 5.74) is 0. The van der Waals surface area contributed by atoms with Crippen LogP contribution in [0.2, 0.25) is 0 Å². The fourth-order valence-corrected chi connectivity index (χ4v) is 4.57. The van der Waals surface area contributed by atoms with E-state index in [4.69, 9.17) is 24.2 Å². The quantitative estimate of drug-likeness (QED) is 0.0582. The summed E-state index contributed by atoms with van der Waals surface area (Å²) in [6.07, 6.45) is 5.58. The van der Waals surface area contributed by atoms with E-state index < -0.39 is 67.5 Å². The van der Waals surface area contributed by atoms with Gasteiger partial charge in [-0.25, -0.2) is 0 Å². The Kier molecular flexibility index (Phi) is 30.1. The predicted molar refractivity (Wildman–Crippen MR) is 146 cm³/mol. The second-order valence-electron chi connectivity index (χ2n) is 9.29. The number of aliphatic carboxylic acids is 2. The molecule has 0 aromatic rings. The van der Waals surface area contributed by atoms with Crippen LogP contribution in [0.15, 0.2) is 0 Å². The molecule has 0 radical (unpaired) electrons. The summed E-state index contributed by atoms with van der Waals surface area (Å²) in [6.45, 7) is 8.35. The molecule has 0 aliphatic rings. The number of carboxylic acid groups (broad SMARTS) is 2. The summed E-state index contributed by atoms with van der Waals surface area (Å²) < 4.78 is 71.4. The monoisotopic (exact) mass is 668 g/mol. The van der Waals surface area contributed by atoms with Gasteiger partial charge in [-0.2, -0.15) is 16.8 Å². The molecule has 0 aliphatic heterocycles. The van der Waals surface area contributed by atoms with Crippen LogP contribution < -0.4 is 59.1 Å². The van der Waals surface area contributed by atoms with Gasteiger partial charge in [0.2, 0.25) is 0 Å². The van der Waals surface area contributed by atoms with Crippen molar-refractivity contribution in [3.8, 4) is 0 Å². The van der Waals surface area contributed by atoms with Gasteiger partial charge in [0.1, 0.15) is 0 Å². The topological polar surface area (TPSA) is 236 Å². The van der Waals surface area contributed by atoms with Crippen molar-refractivity contribution in [2.24, 2.45) is 11.8 Å². The zero-order chi connectivity index (χ0) is 31.5. The second-order valence-corrected chi connectivity index (χ2v) is 12.5. The number of hydrogen-bond donors (Lipinski definition) is 4. The summed E-state index contributed by atoms with van der Waals surface area (Å²) in [5, 5.41) is 12.0. The Bertz CT molecular complexity index is 1010. The van der Waals surface area contributed by atoms with Crippen LogP contribution in [0, 0.1) is 11.8 Å². The Hall–Kier alpha value is -0.300. The molecule has 0 saturated carbocycles. The minimum Gasteiger partial charge on any atom is -1.00 e. The maximum Gasteiger partial charge on any atom is 1.00 e. The number of unbranched alkanes of at least 4 members (excludes halogenated alkanes) is 2. The minimum atomic E-state index is -4.84. The number of esters is 2. The zero-order valence-electron chi connectivity index (χ0n) is 27.5. The van der Waals surface area contributed by atoms with Gasteiger partial charge in [-0.1, -0.05) is 66.2 Å². The van der Waals surface area contributed by atoms with Gasteiger partial charge in [0, 0.05) is 0 Å². The Morgan fingerprint density at radius 2 is 1.10 bits per heavy atom. The first-order valence-electron chi connectivity index (χ1n) is 13.1. The molecule has 4 unspecified atom stereocenters. The van der Waals surface area contributed by atoms with Crippen molar-refractivity contribution in [3.63, 3.8) is 0 Å². The van der Waals surface area contributed by atoms with E-state index in [0.29, 0.717) is 0 Å². The number of carbonyl (C=O) groups is 4. The van der Waals surface area contributed by atoms with Gasteiger partial charge in [-0.3, -0.25) is 28.3 Å². The standard InChI is InChI=1S/C20H38O7S.C4H6O7S.2Na.2H/c1-5-9-11-16(7-3)14-26-19(21)13-18(28(23,24)25)20(22)27-15-17(8-4)12-10-6-2;5-3(6)1-2(4(7)8)12(9,10)11;;;;/h16-18H,5-15H2,1-4H3,(H,23,24,25);2H,1H2,(H,5,6)(H,7,8)(H,9,10,11);;;;/q;;2*+1;2*-1. The van der Waals surface area contributed by atoms with Crippen molar-refractivity contribution in [3.05, 3.63) is 0 Å². The molecule has 0 fully saturated rings. The maximum atomic E-state index is 12.2. The van der Waals surface area contributed by atoms with Crippen LogP contribution in [-0.2, 0) is 48.9 Å². The van der Waals surface area contributed by atoms with Crippen molar-refractivity contribution in [2.75, 3.05) is 13.2 Å². The van der Waals surface area contributed by atoms with Crippen LogP contribution in [-0.4, -0.2) is 83.7 Å². The number of ether oxygens (including phenoxy) is 2. The van der Waals surface area contributed by atoms with Crippen LogP contribution >= 0.6 is 0 Å². The molecule has 0 spiro atoms. The fourth-order valence-electron chi connectivity index (χ4n) is 3.30. The third kappa shape index (κ3) is 24.1. The maximum absolute atomic E-state index is 12.2. The minimum absolute atomic E-state index is 0. The first kappa shape index (κ1) is 48.6. The molecule has 42 heavy (non-hydrogen) atoms. The Morgan fingerprint density at radius 3 is 1.38 bits per heavy atom. The van der Waals surface area contributed by atoms with E-state index in [1.165, 1.54) is 0 Å². The van der Waals surface area contributed by atoms with Gasteiger partial charge in [0.05, 0.1) is 26.1 Å². The van der Waals surface area contributed by atoms with E-state index >= 15 is 0 Å². The molecule has 0 bridgehead atoms. The zero-order valence-corrected chi connectivity index (χ0v) is 31.1. The molecule has 0 aromatic heterocycles. The normalized spacial score (nSPS) is 13.9. The van der Waals surface area contributed by atoms with Crippen molar-refractivity contribution in [2.45, 2.75) is 102 Å². The van der Waals surface area contributed by atoms with E-state index in [1.54, 1.807) is 0 Å². The van der Waals surface area contributed by atoms with Crippen LogP contribution in [0.1, 0.15) is 94.8 Å². The SMILES string of the molecule is CCCCC(CC)COC(=O)CC(C(=O)OCC(CC)CCCC)S(=O)(=O)O.O=C(O)CC(C(=O)O)S(=O)(=O)O.[H-].[H-].[Na+].[Na+]. The van der Waals surface area contributed by atoms with Gasteiger partial charge in [-0.15, -0.1) is 0 Å². The molecule has 18 heteroatoms. The third-order valence-corrected chi connectivity index (χ3v) is 8.16. The summed E-state index contributed by atoms with van der Waals surface area (Å²) in [5.74, 6) is -5.11. The second kappa shape index (κ2) is 26.0. The van der Waals surface area contributed by atoms with Gasteiger partial charge in [-0.05, 0) is 24.7 Å². The number of hydrogen-bond acceptors (Lipinski definition) is 10. The summed E-state index contributed by atoms with van der Waals surface area (Å²) in [6, 6.07) is 0. The molecule has 0 saturated heterocycles. The number of rotatable bonds is 20. The van der Waals surface area contributed by atoms with Crippen molar-refractivity contribution < 1.29 is 127 Å². The summed E-state index contributed by atoms with van der Waals surface area (Å²) in [4.78, 5) is 44.2. The number of carbonyl (C=O) groups excluding carboxylic acids is 2. The molecule has 0 rings (SSSR count). The molecule has 0 aromatic carbocycles. The molecular formula is C24H46Na2O14S2. The van der Waals surface area contributed by atoms with E-state index in [9.17, 15) is 40.6 Å². The average molecular weight is 669 g/mol. The smallest absolute Gasteiger partial charge is 1.00 e. The van der Waals surface area contributed by atoms with Crippen molar-refractivity contribution >= 4 is 44.1 Å². The molecule has 4 N–H and O–H groups in total. The molecule has 4 atom stereocenters. The third-order valence-electron chi connectivity index (χ3n) is 6.00. The first-order valence-corrected chi connectivity index (χ1v) is 16.1. The predicted octanol–water partition coefficient (Wildman–Crippen LogP) is -2.81. The van der Waals surface area contributed by atoms with Crippen LogP contribution in [0.4, 0.5) is 0 Å². The molecular weight excluding hydrogens is 622 g/mol. The van der Waals surface area contributed by atoms with E-state index in [1.807, 2.05) is 13.8 Å². The van der Waals surface area contributed by atoms with Crippen LogP contribution in [0.5, 0.6) is 0 Å². The molecule has 0 aliphatic carbocycles. The van der Waals surface area contributed by atoms with Crippen molar-refractivity contribution in [1.82, 2.24) is 0 Å². The van der Waals surface area contributed by atoms with Gasteiger partial charge in [0.15, 0.2) is 10.5 Å². The fraction of sp³-hybridized carbons (Fsp3) is 0.833. The van der Waals surface area contributed by atoms with Gasteiger partial charge >= 0.3 is 83.0 Å². The molecule has 240 valence electrons. The van der Waals surface area contributed by atoms with Crippen LogP contribution in [0.25, 0.3) is 0 Å². The Balaban J connectivity index is -0.000000193. The Morgan fingerprint density at radius 1 is 0.690 bits per heavy atom. The molecule has 0 amide bonds. The van der Waals surface area contributed by atoms with E-state index in [0.717, 1.165) is 51.4 Å². The number of carboxylic acids is 2.